The summed E-state index contributed by atoms with van der Waals surface area (Å²) in [7, 11) is 2.88. The topological polar surface area (TPSA) is 160 Å². The van der Waals surface area contributed by atoms with Crippen molar-refractivity contribution in [3.05, 3.63) is 46.1 Å². The lowest BCUT2D eigenvalue weighted by molar-refractivity contribution is -0.661. The van der Waals surface area contributed by atoms with Crippen molar-refractivity contribution in [2.75, 3.05) is 25.7 Å². The molecule has 15 heteroatoms. The molecule has 0 spiro atoms. The molecule has 0 saturated carbocycles. The van der Waals surface area contributed by atoms with Crippen molar-refractivity contribution in [3.63, 3.8) is 0 Å². The Balaban J connectivity index is 1.38. The second kappa shape index (κ2) is 9.99. The van der Waals surface area contributed by atoms with E-state index in [9.17, 15) is 19.5 Å². The minimum absolute atomic E-state index is 0.0645. The Kier molecular flexibility index (Phi) is 6.74. The standard InChI is InChI=1S/C22H20N6O6S3/c1-33-13-9-36-19-11(13)4-3-5-27(19)6-10-7-35-20-15(18(30)28(20)16(10)21(31)32)25-17(29)14(26-34-2)12-8-37-22(23)24-12/h3-5,8-9,15,20H,6-7H2,1-2H3,(H3-,23,24,25,29,31,32)/p+1/b26-14-/t15?,20-/m1/s1. The lowest BCUT2D eigenvalue weighted by Crippen LogP contribution is -2.71. The molecule has 0 aliphatic carbocycles. The number of thiazole rings is 1. The number of β-lactam (4-membered cyclic amide) rings is 1. The Hall–Kier alpha value is -3.69. The molecule has 192 valence electrons. The number of pyridine rings is 1. The number of carbonyl (C=O) groups is 3. The number of rotatable bonds is 8. The van der Waals surface area contributed by atoms with Gasteiger partial charge < -0.3 is 25.7 Å². The molecular formula is C22H21N6O6S3+. The number of hydrogen-bond donors (Lipinski definition) is 3. The highest BCUT2D eigenvalue weighted by Gasteiger charge is 2.55. The Morgan fingerprint density at radius 2 is 2.16 bits per heavy atom. The highest BCUT2D eigenvalue weighted by Crippen LogP contribution is 2.40. The van der Waals surface area contributed by atoms with Gasteiger partial charge in [0.05, 0.1) is 7.11 Å². The number of nitrogens with one attached hydrogen (secondary N) is 1. The van der Waals surface area contributed by atoms with Crippen molar-refractivity contribution in [2.45, 2.75) is 18.0 Å². The third-order valence-electron chi connectivity index (χ3n) is 5.84. The molecule has 1 unspecified atom stereocenters. The smallest absolute Gasteiger partial charge is 0.352 e. The number of nitrogen functional groups attached to an aromatic ring is 1. The average Bonchev–Trinajstić information content (AvgIpc) is 3.51. The fourth-order valence-electron chi connectivity index (χ4n) is 4.22. The molecule has 5 rings (SSSR count). The number of nitrogens with two attached hydrogens (primary N) is 1. The number of thioether (sulfide) groups is 1. The Morgan fingerprint density at radius 1 is 1.35 bits per heavy atom. The van der Waals surface area contributed by atoms with E-state index in [1.807, 2.05) is 28.3 Å². The maximum absolute atomic E-state index is 13.1. The Morgan fingerprint density at radius 3 is 2.84 bits per heavy atom. The van der Waals surface area contributed by atoms with E-state index in [1.165, 1.54) is 35.1 Å². The number of ether oxygens (including phenoxy) is 1. The number of carboxylic acid groups (broad SMARTS) is 1. The molecule has 0 aromatic carbocycles. The van der Waals surface area contributed by atoms with E-state index in [2.05, 4.69) is 15.5 Å². The van der Waals surface area contributed by atoms with Gasteiger partial charge >= 0.3 is 5.97 Å². The van der Waals surface area contributed by atoms with Crippen molar-refractivity contribution in [3.8, 4) is 5.75 Å². The van der Waals surface area contributed by atoms with Crippen LogP contribution in [0.3, 0.4) is 0 Å². The molecule has 1 fully saturated rings. The summed E-state index contributed by atoms with van der Waals surface area (Å²) in [6, 6.07) is 2.88. The first-order valence-corrected chi connectivity index (χ1v) is 13.6. The molecule has 4 N–H and O–H groups in total. The van der Waals surface area contributed by atoms with E-state index < -0.39 is 29.2 Å². The summed E-state index contributed by atoms with van der Waals surface area (Å²) >= 11 is 4.01. The molecule has 37 heavy (non-hydrogen) atoms. The van der Waals surface area contributed by atoms with Crippen LogP contribution in [0.4, 0.5) is 5.13 Å². The van der Waals surface area contributed by atoms with E-state index in [0.29, 0.717) is 17.9 Å². The lowest BCUT2D eigenvalue weighted by atomic mass is 10.0. The van der Waals surface area contributed by atoms with E-state index in [-0.39, 0.29) is 22.2 Å². The first-order valence-electron chi connectivity index (χ1n) is 10.8. The van der Waals surface area contributed by atoms with Gasteiger partial charge in [0, 0.05) is 28.2 Å². The van der Waals surface area contributed by atoms with Gasteiger partial charge in [-0.25, -0.2) is 9.78 Å². The van der Waals surface area contributed by atoms with Crippen molar-refractivity contribution < 1.29 is 33.6 Å². The Bertz CT molecular complexity index is 1480. The minimum atomic E-state index is -1.20. The SMILES string of the molecule is CO/N=C(\C(=O)NC1C(=O)N2C(C(=O)O)=C(C[n+]3cccc4c(OC)csc43)CS[C@H]12)c1csc(N)n1. The zero-order valence-corrected chi connectivity index (χ0v) is 22.0. The molecule has 5 heterocycles. The van der Waals surface area contributed by atoms with Crippen LogP contribution in [0.25, 0.3) is 10.2 Å². The normalized spacial score (nSPS) is 19.5. The van der Waals surface area contributed by atoms with Gasteiger partial charge in [-0.2, -0.15) is 4.57 Å². The predicted octanol–water partition coefficient (Wildman–Crippen LogP) is 1.03. The van der Waals surface area contributed by atoms with Gasteiger partial charge in [-0.3, -0.25) is 14.5 Å². The van der Waals surface area contributed by atoms with Crippen LogP contribution in [-0.2, 0) is 25.8 Å². The highest BCUT2D eigenvalue weighted by molar-refractivity contribution is 8.00. The van der Waals surface area contributed by atoms with Gasteiger partial charge in [0.15, 0.2) is 23.6 Å². The number of aliphatic carboxylic acids is 1. The summed E-state index contributed by atoms with van der Waals surface area (Å²) in [5, 5.41) is 20.5. The van der Waals surface area contributed by atoms with Gasteiger partial charge in [-0.15, -0.1) is 23.1 Å². The van der Waals surface area contributed by atoms with Crippen LogP contribution >= 0.6 is 34.4 Å². The summed E-state index contributed by atoms with van der Waals surface area (Å²) in [6.45, 7) is 0.291. The number of thiophene rings is 1. The molecule has 0 radical (unpaired) electrons. The van der Waals surface area contributed by atoms with E-state index in [4.69, 9.17) is 15.3 Å². The van der Waals surface area contributed by atoms with Crippen molar-refractivity contribution in [1.29, 1.82) is 0 Å². The zero-order chi connectivity index (χ0) is 26.3. The molecule has 2 aliphatic heterocycles. The first kappa shape index (κ1) is 25.0. The quantitative estimate of drug-likeness (QED) is 0.158. The summed E-state index contributed by atoms with van der Waals surface area (Å²) in [5.74, 6) is -1.28. The third kappa shape index (κ3) is 4.38. The summed E-state index contributed by atoms with van der Waals surface area (Å²) < 4.78 is 7.35. The van der Waals surface area contributed by atoms with Crippen LogP contribution in [0.15, 0.2) is 45.5 Å². The van der Waals surface area contributed by atoms with Gasteiger partial charge in [0.2, 0.25) is 0 Å². The maximum Gasteiger partial charge on any atom is 0.352 e. The number of methoxy groups -OCH3 is 1. The van der Waals surface area contributed by atoms with E-state index >= 15 is 0 Å². The maximum atomic E-state index is 13.1. The Labute approximate surface area is 222 Å². The molecule has 1 saturated heterocycles. The highest BCUT2D eigenvalue weighted by atomic mass is 32.2. The largest absolute Gasteiger partial charge is 0.495 e. The first-order chi connectivity index (χ1) is 17.8. The van der Waals surface area contributed by atoms with E-state index in [1.54, 1.807) is 12.5 Å². The van der Waals surface area contributed by atoms with Crippen LogP contribution in [-0.4, -0.2) is 69.9 Å². The van der Waals surface area contributed by atoms with Gasteiger partial charge in [-0.1, -0.05) is 16.5 Å². The second-order valence-corrected chi connectivity index (χ2v) is 10.8. The summed E-state index contributed by atoms with van der Waals surface area (Å²) in [5.41, 5.74) is 6.27. The molecule has 3 aromatic heterocycles. The van der Waals surface area contributed by atoms with Crippen molar-refractivity contribution >= 4 is 73.3 Å². The average molecular weight is 562 g/mol. The van der Waals surface area contributed by atoms with Crippen LogP contribution in [0.1, 0.15) is 5.69 Å². The number of amides is 2. The number of fused-ring (bicyclic) bond motifs is 2. The number of aromatic nitrogens is 2. The predicted molar refractivity (Wildman–Crippen MR) is 138 cm³/mol. The van der Waals surface area contributed by atoms with Crippen LogP contribution in [0.5, 0.6) is 5.75 Å². The van der Waals surface area contributed by atoms with Gasteiger partial charge in [-0.05, 0) is 6.07 Å². The minimum Gasteiger partial charge on any atom is -0.495 e. The number of anilines is 1. The number of nitrogens with zero attached hydrogens (tertiary/aromatic N) is 4. The number of hydrogen-bond acceptors (Lipinski definition) is 11. The molecule has 2 aliphatic rings. The van der Waals surface area contributed by atoms with E-state index in [0.717, 1.165) is 27.3 Å². The molecule has 2 amide bonds. The zero-order valence-electron chi connectivity index (χ0n) is 19.5. The summed E-state index contributed by atoms with van der Waals surface area (Å²) in [4.78, 5) is 49.3. The molecule has 12 nitrogen and oxygen atoms in total. The summed E-state index contributed by atoms with van der Waals surface area (Å²) in [6.07, 6.45) is 1.87. The number of carbonyl (C=O) groups excluding carboxylic acids is 2. The van der Waals surface area contributed by atoms with Crippen LogP contribution in [0, 0.1) is 0 Å². The van der Waals surface area contributed by atoms with Crippen molar-refractivity contribution in [1.82, 2.24) is 15.2 Å². The second-order valence-electron chi connectivity index (χ2n) is 7.97. The molecular weight excluding hydrogens is 540 g/mol. The fraction of sp³-hybridized carbons (Fsp3) is 0.273. The number of oxime groups is 1. The lowest BCUT2D eigenvalue weighted by Gasteiger charge is -2.49. The van der Waals surface area contributed by atoms with Crippen LogP contribution in [0.2, 0.25) is 0 Å². The fourth-order valence-corrected chi connectivity index (χ4v) is 7.10. The monoisotopic (exact) mass is 561 g/mol. The third-order valence-corrected chi connectivity index (χ3v) is 8.87. The molecule has 2 atom stereocenters. The molecule has 0 bridgehead atoms. The molecule has 3 aromatic rings. The van der Waals surface area contributed by atoms with Gasteiger partial charge in [0.25, 0.3) is 16.6 Å². The van der Waals surface area contributed by atoms with Gasteiger partial charge in [0.1, 0.15) is 41.1 Å². The number of carboxylic acids is 1. The van der Waals surface area contributed by atoms with Crippen molar-refractivity contribution in [2.24, 2.45) is 5.16 Å². The van der Waals surface area contributed by atoms with Crippen LogP contribution < -0.4 is 20.4 Å².